The van der Waals surface area contributed by atoms with Crippen molar-refractivity contribution in [2.45, 2.75) is 13.8 Å². The number of nitrogens with zero attached hydrogens (tertiary/aromatic N) is 3. The first-order valence-corrected chi connectivity index (χ1v) is 5.63. The fourth-order valence-corrected chi connectivity index (χ4v) is 2.10. The van der Waals surface area contributed by atoms with Crippen molar-refractivity contribution in [2.24, 2.45) is 0 Å². The Labute approximate surface area is 99.8 Å². The number of aromatic nitrogens is 3. The molecular weight excluding hydrogens is 210 g/mol. The quantitative estimate of drug-likeness (QED) is 0.634. The zero-order chi connectivity index (χ0) is 11.8. The van der Waals surface area contributed by atoms with Gasteiger partial charge < -0.3 is 0 Å². The van der Waals surface area contributed by atoms with Crippen LogP contribution >= 0.6 is 0 Å². The van der Waals surface area contributed by atoms with E-state index in [9.17, 15) is 0 Å². The number of fused-ring (bicyclic) bond motifs is 1. The molecule has 0 aliphatic heterocycles. The van der Waals surface area contributed by atoms with E-state index in [1.54, 1.807) is 6.20 Å². The molecule has 1 aromatic carbocycles. The second-order valence-corrected chi connectivity index (χ2v) is 4.18. The number of pyridine rings is 1. The molecule has 3 heteroatoms. The van der Waals surface area contributed by atoms with E-state index in [1.807, 2.05) is 19.1 Å². The Kier molecular flexibility index (Phi) is 2.18. The van der Waals surface area contributed by atoms with Crippen LogP contribution in [0.4, 0.5) is 0 Å². The third kappa shape index (κ3) is 1.60. The Morgan fingerprint density at radius 2 is 1.94 bits per heavy atom. The third-order valence-corrected chi connectivity index (χ3v) is 2.84. The molecule has 3 rings (SSSR count). The molecule has 0 saturated heterocycles. The minimum atomic E-state index is 0.913. The summed E-state index contributed by atoms with van der Waals surface area (Å²) in [6, 6.07) is 12.3. The molecule has 3 aromatic rings. The number of imidazole rings is 1. The fraction of sp³-hybridized carbons (Fsp3) is 0.143. The van der Waals surface area contributed by atoms with Gasteiger partial charge in [0.1, 0.15) is 11.3 Å². The second kappa shape index (κ2) is 3.70. The lowest BCUT2D eigenvalue weighted by atomic mass is 10.2. The van der Waals surface area contributed by atoms with Gasteiger partial charge in [-0.2, -0.15) is 0 Å². The topological polar surface area (TPSA) is 30.7 Å². The van der Waals surface area contributed by atoms with E-state index in [0.717, 1.165) is 22.7 Å². The minimum Gasteiger partial charge on any atom is -0.281 e. The van der Waals surface area contributed by atoms with Gasteiger partial charge in [-0.3, -0.25) is 4.57 Å². The van der Waals surface area contributed by atoms with Gasteiger partial charge in [-0.05, 0) is 43.7 Å². The van der Waals surface area contributed by atoms with Gasteiger partial charge in [-0.15, -0.1) is 0 Å². The first-order chi connectivity index (χ1) is 8.25. The SMILES string of the molecule is Cc1cccc(-n2c(C)nc3cccnc32)c1. The van der Waals surface area contributed by atoms with E-state index in [4.69, 9.17) is 0 Å². The van der Waals surface area contributed by atoms with E-state index in [1.165, 1.54) is 5.56 Å². The minimum absolute atomic E-state index is 0.913. The summed E-state index contributed by atoms with van der Waals surface area (Å²) in [6.07, 6.45) is 1.80. The number of hydrogen-bond acceptors (Lipinski definition) is 2. The van der Waals surface area contributed by atoms with Gasteiger partial charge in [0.05, 0.1) is 0 Å². The predicted molar refractivity (Wildman–Crippen MR) is 68.3 cm³/mol. The van der Waals surface area contributed by atoms with Crippen LogP contribution in [0.25, 0.3) is 16.9 Å². The summed E-state index contributed by atoms with van der Waals surface area (Å²) < 4.78 is 2.09. The average Bonchev–Trinajstić information content (AvgIpc) is 2.64. The largest absolute Gasteiger partial charge is 0.281 e. The highest BCUT2D eigenvalue weighted by atomic mass is 15.1. The van der Waals surface area contributed by atoms with Gasteiger partial charge in [0.15, 0.2) is 5.65 Å². The van der Waals surface area contributed by atoms with Gasteiger partial charge in [0.2, 0.25) is 0 Å². The van der Waals surface area contributed by atoms with Gasteiger partial charge >= 0.3 is 0 Å². The van der Waals surface area contributed by atoms with Crippen LogP contribution in [-0.2, 0) is 0 Å². The third-order valence-electron chi connectivity index (χ3n) is 2.84. The molecule has 0 radical (unpaired) electrons. The summed E-state index contributed by atoms with van der Waals surface area (Å²) in [5.41, 5.74) is 4.20. The maximum Gasteiger partial charge on any atom is 0.164 e. The van der Waals surface area contributed by atoms with Gasteiger partial charge in [0, 0.05) is 11.9 Å². The number of aryl methyl sites for hydroxylation is 2. The molecule has 0 unspecified atom stereocenters. The molecule has 0 N–H and O–H groups in total. The first kappa shape index (κ1) is 10.0. The molecule has 0 spiro atoms. The normalized spacial score (nSPS) is 10.9. The summed E-state index contributed by atoms with van der Waals surface area (Å²) in [5.74, 6) is 0.962. The first-order valence-electron chi connectivity index (χ1n) is 5.63. The Morgan fingerprint density at radius 3 is 2.76 bits per heavy atom. The smallest absolute Gasteiger partial charge is 0.164 e. The van der Waals surface area contributed by atoms with Crippen molar-refractivity contribution in [3.05, 3.63) is 54.0 Å². The highest BCUT2D eigenvalue weighted by molar-refractivity contribution is 5.73. The highest BCUT2D eigenvalue weighted by Gasteiger charge is 2.09. The highest BCUT2D eigenvalue weighted by Crippen LogP contribution is 2.19. The molecule has 2 heterocycles. The molecule has 0 fully saturated rings. The summed E-state index contributed by atoms with van der Waals surface area (Å²) in [5, 5.41) is 0. The fourth-order valence-electron chi connectivity index (χ4n) is 2.10. The van der Waals surface area contributed by atoms with Crippen LogP contribution in [0.1, 0.15) is 11.4 Å². The molecule has 2 aromatic heterocycles. The second-order valence-electron chi connectivity index (χ2n) is 4.18. The molecule has 0 atom stereocenters. The van der Waals surface area contributed by atoms with Crippen LogP contribution < -0.4 is 0 Å². The van der Waals surface area contributed by atoms with E-state index < -0.39 is 0 Å². The van der Waals surface area contributed by atoms with E-state index >= 15 is 0 Å². The predicted octanol–water partition coefficient (Wildman–Crippen LogP) is 3.04. The van der Waals surface area contributed by atoms with Crippen molar-refractivity contribution in [1.29, 1.82) is 0 Å². The summed E-state index contributed by atoms with van der Waals surface area (Å²) in [4.78, 5) is 8.93. The van der Waals surface area contributed by atoms with Crippen molar-refractivity contribution >= 4 is 11.2 Å². The lowest BCUT2D eigenvalue weighted by Gasteiger charge is -2.06. The zero-order valence-corrected chi connectivity index (χ0v) is 9.88. The van der Waals surface area contributed by atoms with Crippen molar-refractivity contribution in [1.82, 2.24) is 14.5 Å². The molecule has 0 saturated carbocycles. The van der Waals surface area contributed by atoms with Crippen molar-refractivity contribution in [3.63, 3.8) is 0 Å². The Hall–Kier alpha value is -2.16. The maximum atomic E-state index is 4.52. The lowest BCUT2D eigenvalue weighted by molar-refractivity contribution is 0.985. The van der Waals surface area contributed by atoms with Gasteiger partial charge in [-0.25, -0.2) is 9.97 Å². The van der Waals surface area contributed by atoms with Crippen LogP contribution in [0.5, 0.6) is 0 Å². The van der Waals surface area contributed by atoms with Crippen LogP contribution in [0.2, 0.25) is 0 Å². The van der Waals surface area contributed by atoms with Crippen LogP contribution in [0.3, 0.4) is 0 Å². The van der Waals surface area contributed by atoms with Crippen LogP contribution in [0, 0.1) is 13.8 Å². The molecular formula is C14H13N3. The Morgan fingerprint density at radius 1 is 1.06 bits per heavy atom. The molecule has 0 bridgehead atoms. The Balaban J connectivity index is 2.33. The monoisotopic (exact) mass is 223 g/mol. The lowest BCUT2D eigenvalue weighted by Crippen LogP contribution is -1.98. The van der Waals surface area contributed by atoms with Crippen LogP contribution in [0.15, 0.2) is 42.6 Å². The molecule has 0 amide bonds. The zero-order valence-electron chi connectivity index (χ0n) is 9.88. The molecule has 0 aliphatic rings. The van der Waals surface area contributed by atoms with Crippen molar-refractivity contribution in [2.75, 3.05) is 0 Å². The van der Waals surface area contributed by atoms with Crippen molar-refractivity contribution < 1.29 is 0 Å². The average molecular weight is 223 g/mol. The molecule has 17 heavy (non-hydrogen) atoms. The molecule has 84 valence electrons. The van der Waals surface area contributed by atoms with E-state index in [-0.39, 0.29) is 0 Å². The van der Waals surface area contributed by atoms with E-state index in [2.05, 4.69) is 45.7 Å². The van der Waals surface area contributed by atoms with Gasteiger partial charge in [0.25, 0.3) is 0 Å². The van der Waals surface area contributed by atoms with E-state index in [0.29, 0.717) is 0 Å². The summed E-state index contributed by atoms with van der Waals surface area (Å²) in [7, 11) is 0. The van der Waals surface area contributed by atoms with Crippen LogP contribution in [-0.4, -0.2) is 14.5 Å². The number of hydrogen-bond donors (Lipinski definition) is 0. The molecule has 0 aliphatic carbocycles. The summed E-state index contributed by atoms with van der Waals surface area (Å²) >= 11 is 0. The summed E-state index contributed by atoms with van der Waals surface area (Å²) in [6.45, 7) is 4.09. The Bertz CT molecular complexity index is 683. The standard InChI is InChI=1S/C14H13N3/c1-10-5-3-6-12(9-10)17-11(2)16-13-7-4-8-15-14(13)17/h3-9H,1-2H3. The maximum absolute atomic E-state index is 4.52. The molecule has 3 nitrogen and oxygen atoms in total. The van der Waals surface area contributed by atoms with Gasteiger partial charge in [-0.1, -0.05) is 12.1 Å². The number of benzene rings is 1. The van der Waals surface area contributed by atoms with Crippen molar-refractivity contribution in [3.8, 4) is 5.69 Å². The number of rotatable bonds is 1.